The van der Waals surface area contributed by atoms with Crippen LogP contribution < -0.4 is 4.74 Å². The molecule has 1 saturated heterocycles. The highest BCUT2D eigenvalue weighted by atomic mass is 16.5. The maximum Gasteiger partial charge on any atom is 0.254 e. The summed E-state index contributed by atoms with van der Waals surface area (Å²) in [6.07, 6.45) is 3.42. The third kappa shape index (κ3) is 3.82. The first-order valence-corrected chi connectivity index (χ1v) is 9.73. The molecule has 0 saturated carbocycles. The van der Waals surface area contributed by atoms with Gasteiger partial charge in [-0.2, -0.15) is 0 Å². The number of piperidine rings is 1. The van der Waals surface area contributed by atoms with Gasteiger partial charge in [0.1, 0.15) is 12.4 Å². The van der Waals surface area contributed by atoms with Crippen molar-refractivity contribution in [3.8, 4) is 5.75 Å². The standard InChI is InChI=1S/C24H25NO2/c1-18-7-4-5-16-25(18)24(26)21-14-12-19(13-15-21)17-27-23-11-6-9-20-8-2-3-10-22(20)23/h2-3,6,8-15,18H,4-5,7,16-17H2,1H3/t18-/m1/s1. The van der Waals surface area contributed by atoms with Crippen LogP contribution >= 0.6 is 0 Å². The van der Waals surface area contributed by atoms with Crippen molar-refractivity contribution in [3.63, 3.8) is 0 Å². The maximum absolute atomic E-state index is 12.7. The zero-order valence-electron chi connectivity index (χ0n) is 15.7. The lowest BCUT2D eigenvalue weighted by molar-refractivity contribution is 0.0635. The Morgan fingerprint density at radius 3 is 2.59 bits per heavy atom. The molecule has 0 unspecified atom stereocenters. The topological polar surface area (TPSA) is 29.5 Å². The van der Waals surface area contributed by atoms with Gasteiger partial charge < -0.3 is 9.64 Å². The van der Waals surface area contributed by atoms with Gasteiger partial charge in [0.2, 0.25) is 0 Å². The first kappa shape index (κ1) is 17.6. The fourth-order valence-corrected chi connectivity index (χ4v) is 3.79. The van der Waals surface area contributed by atoms with E-state index >= 15 is 0 Å². The highest BCUT2D eigenvalue weighted by molar-refractivity contribution is 5.94. The van der Waals surface area contributed by atoms with Crippen molar-refractivity contribution >= 4 is 16.7 Å². The molecule has 1 heterocycles. The van der Waals surface area contributed by atoms with Crippen LogP contribution in [0.25, 0.3) is 10.8 Å². The maximum atomic E-state index is 12.7. The monoisotopic (exact) mass is 359 g/mol. The number of ether oxygens (including phenoxy) is 1. The number of amides is 1. The Bertz CT molecular complexity index is 927. The van der Waals surface area contributed by atoms with Crippen LogP contribution in [-0.2, 0) is 6.61 Å². The van der Waals surface area contributed by atoms with Crippen LogP contribution in [0.15, 0.2) is 66.7 Å². The van der Waals surface area contributed by atoms with Gasteiger partial charge in [-0.05, 0) is 55.3 Å². The van der Waals surface area contributed by atoms with Crippen molar-refractivity contribution in [1.82, 2.24) is 4.90 Å². The van der Waals surface area contributed by atoms with E-state index in [-0.39, 0.29) is 5.91 Å². The molecule has 27 heavy (non-hydrogen) atoms. The Morgan fingerprint density at radius 1 is 1.00 bits per heavy atom. The molecular weight excluding hydrogens is 334 g/mol. The summed E-state index contributed by atoms with van der Waals surface area (Å²) in [5.41, 5.74) is 1.82. The third-order valence-corrected chi connectivity index (χ3v) is 5.41. The highest BCUT2D eigenvalue weighted by Crippen LogP contribution is 2.26. The van der Waals surface area contributed by atoms with Crippen molar-refractivity contribution in [2.24, 2.45) is 0 Å². The smallest absolute Gasteiger partial charge is 0.254 e. The van der Waals surface area contributed by atoms with Crippen molar-refractivity contribution in [3.05, 3.63) is 77.9 Å². The highest BCUT2D eigenvalue weighted by Gasteiger charge is 2.23. The number of hydrogen-bond donors (Lipinski definition) is 0. The third-order valence-electron chi connectivity index (χ3n) is 5.41. The van der Waals surface area contributed by atoms with E-state index in [9.17, 15) is 4.79 Å². The molecule has 0 radical (unpaired) electrons. The summed E-state index contributed by atoms with van der Waals surface area (Å²) in [4.78, 5) is 14.7. The number of nitrogens with zero attached hydrogens (tertiary/aromatic N) is 1. The van der Waals surface area contributed by atoms with Gasteiger partial charge in [0.25, 0.3) is 5.91 Å². The quantitative estimate of drug-likeness (QED) is 0.621. The lowest BCUT2D eigenvalue weighted by Crippen LogP contribution is -2.42. The van der Waals surface area contributed by atoms with E-state index in [1.54, 1.807) is 0 Å². The van der Waals surface area contributed by atoms with Crippen molar-refractivity contribution in [2.45, 2.75) is 38.8 Å². The second-order valence-electron chi connectivity index (χ2n) is 7.31. The molecule has 0 bridgehead atoms. The summed E-state index contributed by atoms with van der Waals surface area (Å²) in [5, 5.41) is 2.29. The van der Waals surface area contributed by atoms with Crippen LogP contribution in [0.3, 0.4) is 0 Å². The Kier molecular flexibility index (Phi) is 5.10. The first-order valence-electron chi connectivity index (χ1n) is 9.73. The fraction of sp³-hybridized carbons (Fsp3) is 0.292. The molecule has 1 fully saturated rings. The molecule has 138 valence electrons. The minimum atomic E-state index is 0.142. The van der Waals surface area contributed by atoms with E-state index in [4.69, 9.17) is 4.74 Å². The molecule has 3 nitrogen and oxygen atoms in total. The van der Waals surface area contributed by atoms with E-state index in [1.807, 2.05) is 53.4 Å². The van der Waals surface area contributed by atoms with E-state index < -0.39 is 0 Å². The number of fused-ring (bicyclic) bond motifs is 1. The largest absolute Gasteiger partial charge is 0.488 e. The van der Waals surface area contributed by atoms with Gasteiger partial charge in [-0.1, -0.05) is 48.5 Å². The Balaban J connectivity index is 1.44. The molecule has 3 heteroatoms. The van der Waals surface area contributed by atoms with Gasteiger partial charge in [0.15, 0.2) is 0 Å². The van der Waals surface area contributed by atoms with E-state index in [0.717, 1.165) is 41.6 Å². The van der Waals surface area contributed by atoms with E-state index in [1.165, 1.54) is 11.8 Å². The van der Waals surface area contributed by atoms with Crippen LogP contribution in [-0.4, -0.2) is 23.4 Å². The molecule has 0 spiro atoms. The van der Waals surface area contributed by atoms with Gasteiger partial charge in [0, 0.05) is 23.5 Å². The van der Waals surface area contributed by atoms with Crippen LogP contribution in [0.5, 0.6) is 5.75 Å². The number of hydrogen-bond acceptors (Lipinski definition) is 2. The summed E-state index contributed by atoms with van der Waals surface area (Å²) in [6, 6.07) is 22.5. The lowest BCUT2D eigenvalue weighted by Gasteiger charge is -2.33. The number of rotatable bonds is 4. The fourth-order valence-electron chi connectivity index (χ4n) is 3.79. The van der Waals surface area contributed by atoms with Crippen LogP contribution in [0.4, 0.5) is 0 Å². The molecule has 0 aromatic heterocycles. The number of carbonyl (C=O) groups excluding carboxylic acids is 1. The molecule has 1 atom stereocenters. The average Bonchev–Trinajstić information content (AvgIpc) is 2.72. The van der Waals surface area contributed by atoms with Crippen molar-refractivity contribution in [2.75, 3.05) is 6.54 Å². The summed E-state index contributed by atoms with van der Waals surface area (Å²) in [6.45, 7) is 3.50. The molecule has 0 aliphatic carbocycles. The number of benzene rings is 3. The predicted molar refractivity (Wildman–Crippen MR) is 109 cm³/mol. The molecule has 1 aliphatic heterocycles. The minimum absolute atomic E-state index is 0.142. The van der Waals surface area contributed by atoms with Crippen LogP contribution in [0.2, 0.25) is 0 Å². The normalized spacial score (nSPS) is 17.1. The van der Waals surface area contributed by atoms with Gasteiger partial charge >= 0.3 is 0 Å². The van der Waals surface area contributed by atoms with Gasteiger partial charge in [-0.3, -0.25) is 4.79 Å². The van der Waals surface area contributed by atoms with E-state index in [2.05, 4.69) is 25.1 Å². The number of carbonyl (C=O) groups is 1. The summed E-state index contributed by atoms with van der Waals surface area (Å²) < 4.78 is 6.04. The molecule has 0 N–H and O–H groups in total. The second kappa shape index (κ2) is 7.83. The zero-order chi connectivity index (χ0) is 18.6. The Labute approximate surface area is 160 Å². The van der Waals surface area contributed by atoms with E-state index in [0.29, 0.717) is 12.6 Å². The van der Waals surface area contributed by atoms with Gasteiger partial charge in [0.05, 0.1) is 0 Å². The second-order valence-corrected chi connectivity index (χ2v) is 7.31. The molecule has 1 aliphatic rings. The average molecular weight is 359 g/mol. The Hall–Kier alpha value is -2.81. The van der Waals surface area contributed by atoms with Gasteiger partial charge in [-0.25, -0.2) is 0 Å². The summed E-state index contributed by atoms with van der Waals surface area (Å²) in [7, 11) is 0. The zero-order valence-corrected chi connectivity index (χ0v) is 15.7. The molecule has 3 aromatic carbocycles. The van der Waals surface area contributed by atoms with Crippen LogP contribution in [0, 0.1) is 0 Å². The first-order chi connectivity index (χ1) is 13.2. The predicted octanol–water partition coefficient (Wildman–Crippen LogP) is 5.43. The molecule has 4 rings (SSSR count). The van der Waals surface area contributed by atoms with Crippen LogP contribution in [0.1, 0.15) is 42.1 Å². The lowest BCUT2D eigenvalue weighted by atomic mass is 10.0. The molecular formula is C24H25NO2. The summed E-state index contributed by atoms with van der Waals surface area (Å²) in [5.74, 6) is 1.03. The minimum Gasteiger partial charge on any atom is -0.488 e. The SMILES string of the molecule is C[C@@H]1CCCCN1C(=O)c1ccc(COc2cccc3ccccc23)cc1. The molecule has 3 aromatic rings. The van der Waals surface area contributed by atoms with Crippen molar-refractivity contribution in [1.29, 1.82) is 0 Å². The van der Waals surface area contributed by atoms with Crippen molar-refractivity contribution < 1.29 is 9.53 Å². The number of likely N-dealkylation sites (tertiary alicyclic amines) is 1. The van der Waals surface area contributed by atoms with Gasteiger partial charge in [-0.15, -0.1) is 0 Å². The summed E-state index contributed by atoms with van der Waals surface area (Å²) >= 11 is 0. The Morgan fingerprint density at radius 2 is 1.78 bits per heavy atom. The molecule has 1 amide bonds.